The van der Waals surface area contributed by atoms with Gasteiger partial charge in [-0.1, -0.05) is 6.92 Å². The fraction of sp³-hybridized carbons (Fsp3) is 0.650. The number of aliphatic hydroxyl groups excluding tert-OH is 1. The molecule has 0 bridgehead atoms. The van der Waals surface area contributed by atoms with E-state index in [4.69, 9.17) is 4.74 Å². The van der Waals surface area contributed by atoms with Gasteiger partial charge in [0.05, 0.1) is 23.8 Å². The number of likely N-dealkylation sites (tertiary alicyclic amines) is 1. The van der Waals surface area contributed by atoms with Crippen LogP contribution in [0.3, 0.4) is 0 Å². The molecule has 0 aliphatic carbocycles. The monoisotopic (exact) mass is 391 g/mol. The molecule has 0 saturated carbocycles. The van der Waals surface area contributed by atoms with E-state index in [0.717, 1.165) is 28.7 Å². The number of aliphatic hydroxyl groups is 1. The lowest BCUT2D eigenvalue weighted by atomic mass is 9.87. The highest BCUT2D eigenvalue weighted by molar-refractivity contribution is 5.94. The SMILES string of the molecule is CCC1=C(C(=O)N2CCC(C(O)c3cn(C)c(=O)n(C)c3=O)CC2)CCCO1. The van der Waals surface area contributed by atoms with Crippen LogP contribution in [0.1, 0.15) is 50.7 Å². The minimum Gasteiger partial charge on any atom is -0.497 e. The van der Waals surface area contributed by atoms with Crippen molar-refractivity contribution in [1.82, 2.24) is 14.0 Å². The van der Waals surface area contributed by atoms with Crippen LogP contribution in [-0.4, -0.2) is 44.7 Å². The van der Waals surface area contributed by atoms with Gasteiger partial charge in [0.15, 0.2) is 0 Å². The Kier molecular flexibility index (Phi) is 6.07. The van der Waals surface area contributed by atoms with Crippen LogP contribution in [0, 0.1) is 5.92 Å². The highest BCUT2D eigenvalue weighted by Gasteiger charge is 2.32. The molecule has 0 spiro atoms. The smallest absolute Gasteiger partial charge is 0.330 e. The summed E-state index contributed by atoms with van der Waals surface area (Å²) in [5.74, 6) is 0.700. The van der Waals surface area contributed by atoms with Crippen LogP contribution in [0.4, 0.5) is 0 Å². The average molecular weight is 391 g/mol. The second kappa shape index (κ2) is 8.34. The molecule has 3 heterocycles. The van der Waals surface area contributed by atoms with Gasteiger partial charge in [0.1, 0.15) is 5.76 Å². The standard InChI is InChI=1S/C20H29N3O5/c1-4-16-14(6-5-11-28-16)19(26)23-9-7-13(8-10-23)17(24)15-12-21(2)20(27)22(3)18(15)25/h12-13,17,24H,4-11H2,1-3H3. The molecule has 1 fully saturated rings. The van der Waals surface area contributed by atoms with Gasteiger partial charge < -0.3 is 19.3 Å². The lowest BCUT2D eigenvalue weighted by Crippen LogP contribution is -2.43. The molecular formula is C20H29N3O5. The fourth-order valence-corrected chi connectivity index (χ4v) is 4.11. The van der Waals surface area contributed by atoms with Crippen molar-refractivity contribution >= 4 is 5.91 Å². The molecule has 1 aromatic heterocycles. The van der Waals surface area contributed by atoms with E-state index in [1.807, 2.05) is 11.8 Å². The van der Waals surface area contributed by atoms with Crippen molar-refractivity contribution in [3.63, 3.8) is 0 Å². The molecule has 1 amide bonds. The zero-order valence-electron chi connectivity index (χ0n) is 16.8. The number of aryl methyl sites for hydroxylation is 1. The predicted molar refractivity (Wildman–Crippen MR) is 104 cm³/mol. The van der Waals surface area contributed by atoms with Gasteiger partial charge >= 0.3 is 5.69 Å². The number of hydrogen-bond donors (Lipinski definition) is 1. The molecule has 3 rings (SSSR count). The first-order chi connectivity index (χ1) is 13.3. The maximum Gasteiger partial charge on any atom is 0.330 e. The van der Waals surface area contributed by atoms with Gasteiger partial charge in [0.2, 0.25) is 0 Å². The van der Waals surface area contributed by atoms with Crippen LogP contribution in [0.15, 0.2) is 27.1 Å². The number of ether oxygens (including phenoxy) is 1. The number of aromatic nitrogens is 2. The van der Waals surface area contributed by atoms with Gasteiger partial charge in [-0.2, -0.15) is 0 Å². The number of allylic oxidation sites excluding steroid dienone is 1. The van der Waals surface area contributed by atoms with Gasteiger partial charge in [0, 0.05) is 39.8 Å². The molecule has 2 aliphatic heterocycles. The van der Waals surface area contributed by atoms with Crippen molar-refractivity contribution in [2.24, 2.45) is 20.0 Å². The van der Waals surface area contributed by atoms with Crippen LogP contribution in [0.5, 0.6) is 0 Å². The van der Waals surface area contributed by atoms with Gasteiger partial charge in [-0.25, -0.2) is 4.79 Å². The number of rotatable bonds is 4. The van der Waals surface area contributed by atoms with Gasteiger partial charge in [0.25, 0.3) is 11.5 Å². The summed E-state index contributed by atoms with van der Waals surface area (Å²) in [4.78, 5) is 38.9. The Bertz CT molecular complexity index is 890. The summed E-state index contributed by atoms with van der Waals surface area (Å²) in [6.07, 6.45) is 4.00. The van der Waals surface area contributed by atoms with Crippen molar-refractivity contribution in [3.05, 3.63) is 43.9 Å². The zero-order valence-corrected chi connectivity index (χ0v) is 16.8. The Hall–Kier alpha value is -2.35. The molecule has 154 valence electrons. The molecule has 2 aliphatic rings. The first kappa shape index (κ1) is 20.4. The lowest BCUT2D eigenvalue weighted by Gasteiger charge is -2.35. The van der Waals surface area contributed by atoms with Crippen LogP contribution < -0.4 is 11.2 Å². The van der Waals surface area contributed by atoms with E-state index in [2.05, 4.69) is 0 Å². The molecule has 1 N–H and O–H groups in total. The van der Waals surface area contributed by atoms with Crippen molar-refractivity contribution < 1.29 is 14.6 Å². The topological polar surface area (TPSA) is 93.8 Å². The summed E-state index contributed by atoms with van der Waals surface area (Å²) in [6, 6.07) is 0. The van der Waals surface area contributed by atoms with E-state index in [1.54, 1.807) is 7.05 Å². The summed E-state index contributed by atoms with van der Waals surface area (Å²) < 4.78 is 7.96. The minimum atomic E-state index is -0.953. The average Bonchev–Trinajstić information content (AvgIpc) is 2.73. The molecule has 1 atom stereocenters. The molecule has 8 nitrogen and oxygen atoms in total. The van der Waals surface area contributed by atoms with E-state index in [0.29, 0.717) is 39.0 Å². The lowest BCUT2D eigenvalue weighted by molar-refractivity contribution is -0.129. The van der Waals surface area contributed by atoms with Crippen LogP contribution in [-0.2, 0) is 23.6 Å². The maximum atomic E-state index is 12.9. The predicted octanol–water partition coefficient (Wildman–Crippen LogP) is 0.830. The Labute approximate surface area is 164 Å². The summed E-state index contributed by atoms with van der Waals surface area (Å²) in [5, 5.41) is 10.8. The molecule has 0 aromatic carbocycles. The molecule has 1 unspecified atom stereocenters. The number of amides is 1. The fourth-order valence-electron chi connectivity index (χ4n) is 4.11. The van der Waals surface area contributed by atoms with E-state index >= 15 is 0 Å². The summed E-state index contributed by atoms with van der Waals surface area (Å²) in [6.45, 7) is 3.73. The number of carbonyl (C=O) groups is 1. The quantitative estimate of drug-likeness (QED) is 0.821. The largest absolute Gasteiger partial charge is 0.497 e. The van der Waals surface area contributed by atoms with Gasteiger partial charge in [-0.15, -0.1) is 0 Å². The van der Waals surface area contributed by atoms with Gasteiger partial charge in [-0.05, 0) is 31.6 Å². The third-order valence-electron chi connectivity index (χ3n) is 5.83. The second-order valence-corrected chi connectivity index (χ2v) is 7.62. The first-order valence-electron chi connectivity index (χ1n) is 9.93. The molecule has 8 heteroatoms. The summed E-state index contributed by atoms with van der Waals surface area (Å²) >= 11 is 0. The van der Waals surface area contributed by atoms with Crippen molar-refractivity contribution in [3.8, 4) is 0 Å². The highest BCUT2D eigenvalue weighted by atomic mass is 16.5. The Morgan fingerprint density at radius 3 is 2.61 bits per heavy atom. The highest BCUT2D eigenvalue weighted by Crippen LogP contribution is 2.31. The van der Waals surface area contributed by atoms with Crippen LogP contribution in [0.2, 0.25) is 0 Å². The first-order valence-corrected chi connectivity index (χ1v) is 9.93. The van der Waals surface area contributed by atoms with Crippen molar-refractivity contribution in [2.75, 3.05) is 19.7 Å². The third-order valence-corrected chi connectivity index (χ3v) is 5.83. The van der Waals surface area contributed by atoms with Crippen molar-refractivity contribution in [1.29, 1.82) is 0 Å². The zero-order chi connectivity index (χ0) is 20.4. The maximum absolute atomic E-state index is 12.9. The molecule has 28 heavy (non-hydrogen) atoms. The van der Waals surface area contributed by atoms with Crippen molar-refractivity contribution in [2.45, 2.75) is 45.1 Å². The van der Waals surface area contributed by atoms with E-state index in [-0.39, 0.29) is 17.4 Å². The summed E-state index contributed by atoms with van der Waals surface area (Å²) in [5.41, 5.74) is 0.119. The number of hydrogen-bond acceptors (Lipinski definition) is 5. The Balaban J connectivity index is 1.70. The number of piperidine rings is 1. The second-order valence-electron chi connectivity index (χ2n) is 7.62. The molecular weight excluding hydrogens is 362 g/mol. The third kappa shape index (κ3) is 3.78. The number of nitrogens with zero attached hydrogens (tertiary/aromatic N) is 3. The molecule has 1 saturated heterocycles. The van der Waals surface area contributed by atoms with E-state index < -0.39 is 17.4 Å². The Morgan fingerprint density at radius 1 is 1.29 bits per heavy atom. The Morgan fingerprint density at radius 2 is 1.96 bits per heavy atom. The van der Waals surface area contributed by atoms with Gasteiger partial charge in [-0.3, -0.25) is 14.2 Å². The normalized spacial score (nSPS) is 19.5. The summed E-state index contributed by atoms with van der Waals surface area (Å²) in [7, 11) is 2.97. The van der Waals surface area contributed by atoms with E-state index in [1.165, 1.54) is 17.8 Å². The van der Waals surface area contributed by atoms with E-state index in [9.17, 15) is 19.5 Å². The van der Waals surface area contributed by atoms with Crippen LogP contribution in [0.25, 0.3) is 0 Å². The minimum absolute atomic E-state index is 0.0301. The molecule has 1 aromatic rings. The number of carbonyl (C=O) groups excluding carboxylic acids is 1. The van der Waals surface area contributed by atoms with Crippen LogP contribution >= 0.6 is 0 Å². The molecule has 0 radical (unpaired) electrons.